The first-order chi connectivity index (χ1) is 16.4. The molecule has 0 aliphatic carbocycles. The number of nitro benzene ring substituents is 2. The Morgan fingerprint density at radius 2 is 1.53 bits per heavy atom. The van der Waals surface area contributed by atoms with Crippen LogP contribution >= 0.6 is 0 Å². The van der Waals surface area contributed by atoms with Crippen LogP contribution in [0.15, 0.2) is 83.0 Å². The summed E-state index contributed by atoms with van der Waals surface area (Å²) in [6.07, 6.45) is 0. The number of non-ortho nitro benzene ring substituents is 1. The quantitative estimate of drug-likeness (QED) is 0.176. The Kier molecular flexibility index (Phi) is 6.13. The minimum Gasteiger partial charge on any atom is -0.505 e. The summed E-state index contributed by atoms with van der Waals surface area (Å²) in [5.41, 5.74) is 1.61. The minimum absolute atomic E-state index is 0.108. The first kappa shape index (κ1) is 22.3. The Labute approximate surface area is 193 Å². The smallest absolute Gasteiger partial charge is 0.303 e. The molecule has 0 unspecified atom stereocenters. The molecule has 0 aliphatic heterocycles. The maximum Gasteiger partial charge on any atom is 0.303 e. The third-order valence-corrected chi connectivity index (χ3v) is 5.20. The largest absolute Gasteiger partial charge is 0.505 e. The molecule has 0 fully saturated rings. The molecule has 0 saturated heterocycles. The SMILES string of the molecule is CCNc1ccc(-c2cc(N=Nc3ccc([N+](=O)[O-])cc3[N+](=O)[O-])c(O)c3ccccc23)cc1. The van der Waals surface area contributed by atoms with E-state index < -0.39 is 21.2 Å². The molecule has 0 heterocycles. The molecule has 10 nitrogen and oxygen atoms in total. The van der Waals surface area contributed by atoms with Crippen LogP contribution in [0.4, 0.5) is 28.4 Å². The van der Waals surface area contributed by atoms with E-state index in [0.717, 1.165) is 46.9 Å². The van der Waals surface area contributed by atoms with Gasteiger partial charge in [-0.1, -0.05) is 36.4 Å². The molecule has 0 saturated carbocycles. The monoisotopic (exact) mass is 457 g/mol. The molecule has 10 heteroatoms. The van der Waals surface area contributed by atoms with E-state index in [-0.39, 0.29) is 17.1 Å². The Morgan fingerprint density at radius 1 is 0.853 bits per heavy atom. The van der Waals surface area contributed by atoms with Crippen LogP contribution < -0.4 is 5.32 Å². The van der Waals surface area contributed by atoms with Crippen LogP contribution in [-0.4, -0.2) is 21.5 Å². The number of hydrogen-bond donors (Lipinski definition) is 2. The molecular formula is C24H19N5O5. The fraction of sp³-hybridized carbons (Fsp3) is 0.0833. The summed E-state index contributed by atoms with van der Waals surface area (Å²) in [5, 5.41) is 45.7. The molecule has 0 amide bonds. The number of benzene rings is 4. The molecule has 0 radical (unpaired) electrons. The van der Waals surface area contributed by atoms with Gasteiger partial charge in [-0.15, -0.1) is 10.2 Å². The first-order valence-electron chi connectivity index (χ1n) is 10.3. The predicted molar refractivity (Wildman–Crippen MR) is 129 cm³/mol. The molecular weight excluding hydrogens is 438 g/mol. The molecule has 0 bridgehead atoms. The lowest BCUT2D eigenvalue weighted by Gasteiger charge is -2.12. The van der Waals surface area contributed by atoms with Gasteiger partial charge in [-0.3, -0.25) is 20.2 Å². The van der Waals surface area contributed by atoms with Crippen molar-refractivity contribution in [3.05, 3.63) is 93.0 Å². The topological polar surface area (TPSA) is 143 Å². The number of nitro groups is 2. The van der Waals surface area contributed by atoms with Gasteiger partial charge in [0.2, 0.25) is 0 Å². The van der Waals surface area contributed by atoms with Crippen LogP contribution in [0.2, 0.25) is 0 Å². The Balaban J connectivity index is 1.83. The molecule has 170 valence electrons. The summed E-state index contributed by atoms with van der Waals surface area (Å²) in [5.74, 6) is -0.128. The average Bonchev–Trinajstić information content (AvgIpc) is 2.84. The molecule has 4 aromatic carbocycles. The van der Waals surface area contributed by atoms with Gasteiger partial charge in [-0.05, 0) is 47.7 Å². The second-order valence-corrected chi connectivity index (χ2v) is 7.33. The number of nitrogens with one attached hydrogen (secondary N) is 1. The van der Waals surface area contributed by atoms with Crippen LogP contribution in [0.5, 0.6) is 5.75 Å². The van der Waals surface area contributed by atoms with Crippen LogP contribution in [0.1, 0.15) is 6.92 Å². The van der Waals surface area contributed by atoms with Crippen molar-refractivity contribution in [2.45, 2.75) is 6.92 Å². The van der Waals surface area contributed by atoms with Crippen LogP contribution in [-0.2, 0) is 0 Å². The van der Waals surface area contributed by atoms with Crippen LogP contribution in [0.3, 0.4) is 0 Å². The van der Waals surface area contributed by atoms with Gasteiger partial charge in [0, 0.05) is 23.7 Å². The summed E-state index contributed by atoms with van der Waals surface area (Å²) in [4.78, 5) is 20.9. The second-order valence-electron chi connectivity index (χ2n) is 7.33. The van der Waals surface area contributed by atoms with Gasteiger partial charge in [-0.25, -0.2) is 0 Å². The average molecular weight is 457 g/mol. The zero-order valence-electron chi connectivity index (χ0n) is 18.0. The third-order valence-electron chi connectivity index (χ3n) is 5.20. The molecule has 4 rings (SSSR count). The molecule has 0 aliphatic rings. The number of rotatable bonds is 7. The first-order valence-corrected chi connectivity index (χ1v) is 10.3. The van der Waals surface area contributed by atoms with Crippen molar-refractivity contribution in [1.29, 1.82) is 0 Å². The Morgan fingerprint density at radius 3 is 2.18 bits per heavy atom. The van der Waals surface area contributed by atoms with Crippen LogP contribution in [0, 0.1) is 20.2 Å². The van der Waals surface area contributed by atoms with Crippen molar-refractivity contribution in [3.8, 4) is 16.9 Å². The van der Waals surface area contributed by atoms with Gasteiger partial charge in [-0.2, -0.15) is 0 Å². The van der Waals surface area contributed by atoms with Gasteiger partial charge in [0.1, 0.15) is 5.69 Å². The zero-order chi connectivity index (χ0) is 24.2. The van der Waals surface area contributed by atoms with Gasteiger partial charge in [0.15, 0.2) is 11.4 Å². The highest BCUT2D eigenvalue weighted by Gasteiger charge is 2.20. The molecule has 4 aromatic rings. The molecule has 34 heavy (non-hydrogen) atoms. The van der Waals surface area contributed by atoms with E-state index in [1.165, 1.54) is 0 Å². The molecule has 0 atom stereocenters. The Hall–Kier alpha value is -4.86. The van der Waals surface area contributed by atoms with Crippen molar-refractivity contribution >= 4 is 39.2 Å². The summed E-state index contributed by atoms with van der Waals surface area (Å²) >= 11 is 0. The molecule has 2 N–H and O–H groups in total. The lowest BCUT2D eigenvalue weighted by molar-refractivity contribution is -0.393. The highest BCUT2D eigenvalue weighted by atomic mass is 16.6. The number of hydrogen-bond acceptors (Lipinski definition) is 8. The number of phenolic OH excluding ortho intramolecular Hbond substituents is 1. The van der Waals surface area contributed by atoms with Crippen molar-refractivity contribution in [3.63, 3.8) is 0 Å². The lowest BCUT2D eigenvalue weighted by atomic mass is 9.96. The van der Waals surface area contributed by atoms with Gasteiger partial charge < -0.3 is 10.4 Å². The minimum atomic E-state index is -0.765. The third kappa shape index (κ3) is 4.37. The number of nitrogens with zero attached hydrogens (tertiary/aromatic N) is 4. The maximum atomic E-state index is 11.4. The molecule has 0 aromatic heterocycles. The summed E-state index contributed by atoms with van der Waals surface area (Å²) in [7, 11) is 0. The van der Waals surface area contributed by atoms with E-state index in [2.05, 4.69) is 15.5 Å². The summed E-state index contributed by atoms with van der Waals surface area (Å²) in [6, 6.07) is 19.8. The zero-order valence-corrected chi connectivity index (χ0v) is 18.0. The lowest BCUT2D eigenvalue weighted by Crippen LogP contribution is -1.95. The number of aromatic hydroxyl groups is 1. The van der Waals surface area contributed by atoms with Gasteiger partial charge in [0.25, 0.3) is 5.69 Å². The fourth-order valence-electron chi connectivity index (χ4n) is 3.60. The fourth-order valence-corrected chi connectivity index (χ4v) is 3.60. The van der Waals surface area contributed by atoms with E-state index >= 15 is 0 Å². The van der Waals surface area contributed by atoms with Crippen molar-refractivity contribution in [2.75, 3.05) is 11.9 Å². The second kappa shape index (κ2) is 9.33. The van der Waals surface area contributed by atoms with Gasteiger partial charge in [0.05, 0.1) is 15.9 Å². The van der Waals surface area contributed by atoms with E-state index in [9.17, 15) is 25.3 Å². The van der Waals surface area contributed by atoms with Crippen LogP contribution in [0.25, 0.3) is 21.9 Å². The van der Waals surface area contributed by atoms with Crippen molar-refractivity contribution in [2.24, 2.45) is 10.2 Å². The van der Waals surface area contributed by atoms with Crippen molar-refractivity contribution in [1.82, 2.24) is 0 Å². The highest BCUT2D eigenvalue weighted by molar-refractivity contribution is 6.03. The molecule has 0 spiro atoms. The van der Waals surface area contributed by atoms with E-state index in [0.29, 0.717) is 5.39 Å². The highest BCUT2D eigenvalue weighted by Crippen LogP contribution is 2.42. The Bertz CT molecular complexity index is 1430. The normalized spacial score (nSPS) is 11.1. The maximum absolute atomic E-state index is 11.4. The van der Waals surface area contributed by atoms with E-state index in [1.807, 2.05) is 43.3 Å². The number of fused-ring (bicyclic) bond motifs is 1. The van der Waals surface area contributed by atoms with Crippen molar-refractivity contribution < 1.29 is 15.0 Å². The standard InChI is InChI=1S/C24H19N5O5/c1-2-25-16-9-7-15(8-10-16)20-14-22(24(30)19-6-4-3-5-18(19)20)27-26-21-12-11-17(28(31)32)13-23(21)29(33)34/h3-14,25,30H,2H2,1H3. The predicted octanol–water partition coefficient (Wildman–Crippen LogP) is 6.88. The number of anilines is 1. The van der Waals surface area contributed by atoms with Gasteiger partial charge >= 0.3 is 5.69 Å². The van der Waals surface area contributed by atoms with E-state index in [1.54, 1.807) is 18.2 Å². The summed E-state index contributed by atoms with van der Waals surface area (Å²) < 4.78 is 0. The van der Waals surface area contributed by atoms with E-state index in [4.69, 9.17) is 0 Å². The number of azo groups is 1. The summed E-state index contributed by atoms with van der Waals surface area (Å²) in [6.45, 7) is 2.80. The number of phenols is 1.